The van der Waals surface area contributed by atoms with E-state index in [-0.39, 0.29) is 30.1 Å². The van der Waals surface area contributed by atoms with E-state index in [1.807, 2.05) is 30.3 Å². The molecular weight excluding hydrogens is 342 g/mol. The molecule has 1 amide bonds. The highest BCUT2D eigenvalue weighted by molar-refractivity contribution is 6.04. The highest BCUT2D eigenvalue weighted by atomic mass is 16.5. The lowest BCUT2D eigenvalue weighted by Crippen LogP contribution is -2.20. The summed E-state index contributed by atoms with van der Waals surface area (Å²) in [5, 5.41) is 2.75. The van der Waals surface area contributed by atoms with Crippen LogP contribution in [0.2, 0.25) is 0 Å². The molecule has 27 heavy (non-hydrogen) atoms. The van der Waals surface area contributed by atoms with E-state index >= 15 is 0 Å². The molecule has 0 bridgehead atoms. The van der Waals surface area contributed by atoms with Crippen LogP contribution < -0.4 is 5.32 Å². The van der Waals surface area contributed by atoms with Crippen molar-refractivity contribution in [3.8, 4) is 0 Å². The summed E-state index contributed by atoms with van der Waals surface area (Å²) in [5.74, 6) is -1.63. The van der Waals surface area contributed by atoms with E-state index in [1.54, 1.807) is 18.2 Å². The SMILES string of the molecule is CC(C)(C)c1ccc(C(=O)COC(=O)C[C@H]2C(=O)Nc3ccccc32)cc1. The van der Waals surface area contributed by atoms with Gasteiger partial charge in [-0.15, -0.1) is 0 Å². The molecule has 1 aliphatic rings. The zero-order valence-corrected chi connectivity index (χ0v) is 15.7. The predicted octanol–water partition coefficient (Wildman–Crippen LogP) is 3.84. The second-order valence-electron chi connectivity index (χ2n) is 7.74. The van der Waals surface area contributed by atoms with Gasteiger partial charge in [-0.2, -0.15) is 0 Å². The minimum absolute atomic E-state index is 0.00614. The molecule has 0 saturated heterocycles. The zero-order valence-electron chi connectivity index (χ0n) is 15.7. The Morgan fingerprint density at radius 1 is 1.04 bits per heavy atom. The number of hydrogen-bond acceptors (Lipinski definition) is 4. The van der Waals surface area contributed by atoms with Gasteiger partial charge >= 0.3 is 5.97 Å². The van der Waals surface area contributed by atoms with Crippen LogP contribution in [0.5, 0.6) is 0 Å². The first-order valence-corrected chi connectivity index (χ1v) is 8.95. The molecule has 0 saturated carbocycles. The zero-order chi connectivity index (χ0) is 19.6. The number of para-hydroxylation sites is 1. The lowest BCUT2D eigenvalue weighted by atomic mass is 9.86. The number of amides is 1. The number of rotatable bonds is 5. The molecule has 2 aromatic carbocycles. The van der Waals surface area contributed by atoms with Crippen molar-refractivity contribution in [1.82, 2.24) is 0 Å². The monoisotopic (exact) mass is 365 g/mol. The predicted molar refractivity (Wildman–Crippen MR) is 103 cm³/mol. The Kier molecular flexibility index (Phi) is 5.13. The van der Waals surface area contributed by atoms with Crippen LogP contribution in [-0.2, 0) is 19.7 Å². The molecule has 0 unspecified atom stereocenters. The number of carbonyl (C=O) groups excluding carboxylic acids is 3. The maximum Gasteiger partial charge on any atom is 0.307 e. The van der Waals surface area contributed by atoms with Crippen LogP contribution in [0.4, 0.5) is 5.69 Å². The van der Waals surface area contributed by atoms with Gasteiger partial charge in [-0.25, -0.2) is 0 Å². The Bertz CT molecular complexity index is 878. The van der Waals surface area contributed by atoms with E-state index in [2.05, 4.69) is 26.1 Å². The maximum atomic E-state index is 12.3. The number of fused-ring (bicyclic) bond motifs is 1. The van der Waals surface area contributed by atoms with Crippen LogP contribution in [0.1, 0.15) is 54.6 Å². The first kappa shape index (κ1) is 18.8. The quantitative estimate of drug-likeness (QED) is 0.645. The van der Waals surface area contributed by atoms with Gasteiger partial charge in [-0.1, -0.05) is 63.2 Å². The maximum absolute atomic E-state index is 12.3. The topological polar surface area (TPSA) is 72.5 Å². The van der Waals surface area contributed by atoms with Crippen molar-refractivity contribution in [2.45, 2.75) is 38.5 Å². The molecule has 3 rings (SSSR count). The highest BCUT2D eigenvalue weighted by Crippen LogP contribution is 2.34. The largest absolute Gasteiger partial charge is 0.457 e. The van der Waals surface area contributed by atoms with Crippen molar-refractivity contribution in [3.05, 3.63) is 65.2 Å². The summed E-state index contributed by atoms with van der Waals surface area (Å²) in [7, 11) is 0. The number of ketones is 1. The molecule has 1 heterocycles. The van der Waals surface area contributed by atoms with E-state index in [4.69, 9.17) is 4.74 Å². The van der Waals surface area contributed by atoms with Crippen molar-refractivity contribution >= 4 is 23.3 Å². The normalized spacial score (nSPS) is 15.8. The molecule has 0 radical (unpaired) electrons. The first-order chi connectivity index (χ1) is 12.8. The minimum atomic E-state index is -0.574. The van der Waals surface area contributed by atoms with Gasteiger partial charge in [0.05, 0.1) is 12.3 Å². The summed E-state index contributed by atoms with van der Waals surface area (Å²) in [6.45, 7) is 5.97. The van der Waals surface area contributed by atoms with Crippen LogP contribution in [0.15, 0.2) is 48.5 Å². The molecular formula is C22H23NO4. The van der Waals surface area contributed by atoms with Crippen molar-refractivity contribution < 1.29 is 19.1 Å². The van der Waals surface area contributed by atoms with E-state index in [0.717, 1.165) is 16.8 Å². The standard InChI is InChI=1S/C22H23NO4/c1-22(2,3)15-10-8-14(9-11-15)19(24)13-27-20(25)12-17-16-6-4-5-7-18(16)23-21(17)26/h4-11,17H,12-13H2,1-3H3,(H,23,26)/t17-/m1/s1. The fourth-order valence-corrected chi connectivity index (χ4v) is 3.09. The summed E-state index contributed by atoms with van der Waals surface area (Å²) >= 11 is 0. The van der Waals surface area contributed by atoms with E-state index in [1.165, 1.54) is 0 Å². The van der Waals surface area contributed by atoms with Crippen LogP contribution in [0.3, 0.4) is 0 Å². The number of anilines is 1. The molecule has 0 aromatic heterocycles. The lowest BCUT2D eigenvalue weighted by Gasteiger charge is -2.19. The van der Waals surface area contributed by atoms with E-state index < -0.39 is 11.9 Å². The Morgan fingerprint density at radius 2 is 1.70 bits per heavy atom. The number of esters is 1. The number of ether oxygens (including phenoxy) is 1. The average molecular weight is 365 g/mol. The molecule has 2 aromatic rings. The minimum Gasteiger partial charge on any atom is -0.457 e. The van der Waals surface area contributed by atoms with Gasteiger partial charge in [-0.3, -0.25) is 14.4 Å². The summed E-state index contributed by atoms with van der Waals surface area (Å²) in [6, 6.07) is 14.6. The van der Waals surface area contributed by atoms with Gasteiger partial charge in [0.2, 0.25) is 5.91 Å². The molecule has 1 atom stereocenters. The fraction of sp³-hybridized carbons (Fsp3) is 0.318. The Morgan fingerprint density at radius 3 is 2.37 bits per heavy atom. The average Bonchev–Trinajstić information content (AvgIpc) is 2.94. The van der Waals surface area contributed by atoms with Crippen molar-refractivity contribution in [1.29, 1.82) is 0 Å². The molecule has 0 fully saturated rings. The third-order valence-electron chi connectivity index (χ3n) is 4.72. The Labute approximate surface area is 158 Å². The smallest absolute Gasteiger partial charge is 0.307 e. The van der Waals surface area contributed by atoms with Gasteiger partial charge in [0.1, 0.15) is 0 Å². The highest BCUT2D eigenvalue weighted by Gasteiger charge is 2.32. The van der Waals surface area contributed by atoms with Crippen molar-refractivity contribution in [2.24, 2.45) is 0 Å². The molecule has 1 N–H and O–H groups in total. The van der Waals surface area contributed by atoms with Gasteiger partial charge in [0, 0.05) is 11.3 Å². The summed E-state index contributed by atoms with van der Waals surface area (Å²) < 4.78 is 5.11. The van der Waals surface area contributed by atoms with Gasteiger partial charge in [-0.05, 0) is 22.6 Å². The fourth-order valence-electron chi connectivity index (χ4n) is 3.09. The number of benzene rings is 2. The Balaban J connectivity index is 1.56. The number of nitrogens with one attached hydrogen (secondary N) is 1. The van der Waals surface area contributed by atoms with Crippen molar-refractivity contribution in [3.63, 3.8) is 0 Å². The van der Waals surface area contributed by atoms with Gasteiger partial charge in [0.25, 0.3) is 0 Å². The molecule has 5 heteroatoms. The first-order valence-electron chi connectivity index (χ1n) is 8.95. The third kappa shape index (κ3) is 4.25. The van der Waals surface area contributed by atoms with Gasteiger partial charge < -0.3 is 10.1 Å². The summed E-state index contributed by atoms with van der Waals surface area (Å²) in [5.41, 5.74) is 3.13. The molecule has 5 nitrogen and oxygen atoms in total. The van der Waals surface area contributed by atoms with Crippen LogP contribution >= 0.6 is 0 Å². The summed E-state index contributed by atoms with van der Waals surface area (Å²) in [6.07, 6.45) is -0.0842. The molecule has 0 spiro atoms. The second kappa shape index (κ2) is 7.35. The molecule has 1 aliphatic heterocycles. The van der Waals surface area contributed by atoms with Crippen LogP contribution in [0, 0.1) is 0 Å². The number of hydrogen-bond donors (Lipinski definition) is 1. The lowest BCUT2D eigenvalue weighted by molar-refractivity contribution is -0.144. The third-order valence-corrected chi connectivity index (χ3v) is 4.72. The van der Waals surface area contributed by atoms with Crippen LogP contribution in [0.25, 0.3) is 0 Å². The van der Waals surface area contributed by atoms with E-state index in [9.17, 15) is 14.4 Å². The van der Waals surface area contributed by atoms with Crippen LogP contribution in [-0.4, -0.2) is 24.3 Å². The van der Waals surface area contributed by atoms with Crippen molar-refractivity contribution in [2.75, 3.05) is 11.9 Å². The summed E-state index contributed by atoms with van der Waals surface area (Å²) in [4.78, 5) is 36.4. The van der Waals surface area contributed by atoms with Gasteiger partial charge in [0.15, 0.2) is 12.4 Å². The molecule has 0 aliphatic carbocycles. The number of Topliss-reactive ketones (excluding diaryl/α,β-unsaturated/α-hetero) is 1. The number of carbonyl (C=O) groups is 3. The second-order valence-corrected chi connectivity index (χ2v) is 7.74. The Hall–Kier alpha value is -2.95. The molecule has 140 valence electrons. The van der Waals surface area contributed by atoms with E-state index in [0.29, 0.717) is 5.56 Å².